The third-order valence-corrected chi connectivity index (χ3v) is 11.2. The van der Waals surface area contributed by atoms with Crippen LogP contribution in [-0.4, -0.2) is 70.7 Å². The molecule has 0 saturated carbocycles. The van der Waals surface area contributed by atoms with Gasteiger partial charge in [0.2, 0.25) is 0 Å². The van der Waals surface area contributed by atoms with E-state index in [1.807, 2.05) is 21.1 Å². The average Bonchev–Trinajstić information content (AvgIpc) is 3.22. The Bertz CT molecular complexity index is 1200. The Kier molecular flexibility index (Phi) is 43.0. The van der Waals surface area contributed by atoms with Crippen molar-refractivity contribution in [2.24, 2.45) is 0 Å². The zero-order valence-electron chi connectivity index (χ0n) is 40.1. The molecule has 0 aliphatic heterocycles. The largest absolute Gasteiger partial charge is 0.756 e. The van der Waals surface area contributed by atoms with Crippen LogP contribution in [0.3, 0.4) is 0 Å². The van der Waals surface area contributed by atoms with E-state index in [0.717, 1.165) is 83.5 Å². The number of ether oxygens (including phenoxy) is 2. The summed E-state index contributed by atoms with van der Waals surface area (Å²) in [5.74, 6) is -0.358. The fraction of sp³-hybridized carbons (Fsp3) is 0.750. The molecule has 0 aliphatic rings. The first-order valence-corrected chi connectivity index (χ1v) is 26.1. The van der Waals surface area contributed by atoms with Gasteiger partial charge in [0.15, 0.2) is 0 Å². The number of rotatable bonds is 45. The highest BCUT2D eigenvalue weighted by Crippen LogP contribution is 2.38. The molecule has 0 bridgehead atoms. The number of unbranched alkanes of at least 4 members (excludes halogenated alkanes) is 19. The molecule has 2 unspecified atom stereocenters. The lowest BCUT2D eigenvalue weighted by atomic mass is 10.0. The Balaban J connectivity index is 4.24. The molecule has 2 atom stereocenters. The molecule has 0 radical (unpaired) electrons. The van der Waals surface area contributed by atoms with E-state index < -0.39 is 13.9 Å². The first-order valence-electron chi connectivity index (χ1n) is 24.7. The first-order chi connectivity index (χ1) is 29.6. The van der Waals surface area contributed by atoms with Gasteiger partial charge in [0.1, 0.15) is 19.3 Å². The van der Waals surface area contributed by atoms with Gasteiger partial charge in [0.25, 0.3) is 7.82 Å². The number of likely N-dealkylation sites (N-methyl/N-ethyl adjacent to an activating group) is 1. The van der Waals surface area contributed by atoms with Crippen LogP contribution in [0.1, 0.15) is 194 Å². The van der Waals surface area contributed by atoms with Gasteiger partial charge in [-0.2, -0.15) is 0 Å². The molecule has 9 heteroatoms. The summed E-state index contributed by atoms with van der Waals surface area (Å²) in [6.45, 7) is 5.27. The number of hydrogen-bond donors (Lipinski definition) is 0. The maximum absolute atomic E-state index is 12.7. The highest BCUT2D eigenvalue weighted by molar-refractivity contribution is 7.45. The van der Waals surface area contributed by atoms with Crippen molar-refractivity contribution >= 4 is 13.8 Å². The van der Waals surface area contributed by atoms with Gasteiger partial charge in [-0.05, 0) is 64.2 Å². The van der Waals surface area contributed by atoms with Crippen LogP contribution in [-0.2, 0) is 27.9 Å². The monoisotopic (exact) mass is 876 g/mol. The molecule has 8 nitrogen and oxygen atoms in total. The van der Waals surface area contributed by atoms with E-state index in [9.17, 15) is 14.3 Å². The summed E-state index contributed by atoms with van der Waals surface area (Å²) in [4.78, 5) is 25.1. The second kappa shape index (κ2) is 44.5. The molecule has 0 aromatic heterocycles. The van der Waals surface area contributed by atoms with E-state index in [4.69, 9.17) is 18.5 Å². The van der Waals surface area contributed by atoms with Crippen LogP contribution in [0, 0.1) is 0 Å². The number of allylic oxidation sites excluding steroid dienone is 12. The molecule has 61 heavy (non-hydrogen) atoms. The second-order valence-corrected chi connectivity index (χ2v) is 18.9. The fourth-order valence-electron chi connectivity index (χ4n) is 6.49. The van der Waals surface area contributed by atoms with Gasteiger partial charge in [0, 0.05) is 13.0 Å². The number of carbonyl (C=O) groups excluding carboxylic acids is 1. The maximum atomic E-state index is 12.7. The van der Waals surface area contributed by atoms with Gasteiger partial charge < -0.3 is 27.9 Å². The van der Waals surface area contributed by atoms with Crippen LogP contribution in [0.15, 0.2) is 72.9 Å². The van der Waals surface area contributed by atoms with Crippen molar-refractivity contribution in [1.82, 2.24) is 0 Å². The summed E-state index contributed by atoms with van der Waals surface area (Å²) < 4.78 is 34.7. The number of quaternary nitrogens is 1. The third-order valence-electron chi connectivity index (χ3n) is 10.3. The molecule has 0 heterocycles. The van der Waals surface area contributed by atoms with Gasteiger partial charge in [-0.25, -0.2) is 0 Å². The lowest BCUT2D eigenvalue weighted by Crippen LogP contribution is -2.37. The Morgan fingerprint density at radius 3 is 1.43 bits per heavy atom. The molecule has 0 N–H and O–H groups in total. The van der Waals surface area contributed by atoms with Crippen LogP contribution in [0.2, 0.25) is 0 Å². The third kappa shape index (κ3) is 48.8. The number of hydrogen-bond acceptors (Lipinski definition) is 7. The minimum atomic E-state index is -4.54. The van der Waals surface area contributed by atoms with Crippen LogP contribution in [0.4, 0.5) is 0 Å². The first kappa shape index (κ1) is 58.9. The highest BCUT2D eigenvalue weighted by atomic mass is 31.2. The number of phosphoric ester groups is 1. The molecule has 0 aromatic rings. The van der Waals surface area contributed by atoms with E-state index in [-0.39, 0.29) is 32.2 Å². The minimum absolute atomic E-state index is 0.0184. The maximum Gasteiger partial charge on any atom is 0.306 e. The van der Waals surface area contributed by atoms with Crippen LogP contribution in [0.25, 0.3) is 0 Å². The number of phosphoric acid groups is 1. The molecule has 0 rings (SSSR count). The molecular formula is C52H94NO7P. The van der Waals surface area contributed by atoms with Crippen LogP contribution >= 0.6 is 7.82 Å². The fourth-order valence-corrected chi connectivity index (χ4v) is 7.22. The Morgan fingerprint density at radius 1 is 0.525 bits per heavy atom. The summed E-state index contributed by atoms with van der Waals surface area (Å²) in [6, 6.07) is 0. The Hall–Kier alpha value is -2.06. The summed E-state index contributed by atoms with van der Waals surface area (Å²) in [5.41, 5.74) is 0. The van der Waals surface area contributed by atoms with E-state index in [1.54, 1.807) is 0 Å². The quantitative estimate of drug-likeness (QED) is 0.0198. The molecular weight excluding hydrogens is 782 g/mol. The van der Waals surface area contributed by atoms with Crippen molar-refractivity contribution in [3.05, 3.63) is 72.9 Å². The van der Waals surface area contributed by atoms with Crippen molar-refractivity contribution in [3.8, 4) is 0 Å². The number of carbonyl (C=O) groups is 1. The number of nitrogens with zero attached hydrogens (tertiary/aromatic N) is 1. The van der Waals surface area contributed by atoms with Gasteiger partial charge in [0.05, 0.1) is 34.4 Å². The second-order valence-electron chi connectivity index (χ2n) is 17.4. The summed E-state index contributed by atoms with van der Waals surface area (Å²) in [5, 5.41) is 0. The average molecular weight is 876 g/mol. The Labute approximate surface area is 376 Å². The normalized spacial score (nSPS) is 14.3. The Morgan fingerprint density at radius 2 is 0.951 bits per heavy atom. The molecule has 0 fully saturated rings. The van der Waals surface area contributed by atoms with Gasteiger partial charge in [-0.1, -0.05) is 196 Å². The molecule has 354 valence electrons. The number of esters is 1. The van der Waals surface area contributed by atoms with Crippen molar-refractivity contribution in [3.63, 3.8) is 0 Å². The summed E-state index contributed by atoms with van der Waals surface area (Å²) in [7, 11) is 1.33. The summed E-state index contributed by atoms with van der Waals surface area (Å²) >= 11 is 0. The zero-order valence-corrected chi connectivity index (χ0v) is 41.0. The lowest BCUT2D eigenvalue weighted by molar-refractivity contribution is -0.870. The van der Waals surface area contributed by atoms with Gasteiger partial charge in [-0.3, -0.25) is 9.36 Å². The van der Waals surface area contributed by atoms with Gasteiger partial charge >= 0.3 is 5.97 Å². The van der Waals surface area contributed by atoms with Crippen LogP contribution in [0.5, 0.6) is 0 Å². The van der Waals surface area contributed by atoms with Crippen LogP contribution < -0.4 is 4.89 Å². The van der Waals surface area contributed by atoms with Crippen molar-refractivity contribution in [2.45, 2.75) is 200 Å². The van der Waals surface area contributed by atoms with E-state index in [1.165, 1.54) is 89.9 Å². The minimum Gasteiger partial charge on any atom is -0.756 e. The molecule has 0 saturated heterocycles. The predicted octanol–water partition coefficient (Wildman–Crippen LogP) is 14.4. The smallest absolute Gasteiger partial charge is 0.306 e. The standard InChI is InChI=1S/C52H94NO7P/c1-6-8-10-12-14-16-18-20-22-24-25-26-27-28-29-30-31-33-35-37-39-41-43-45-52(54)60-51(50-59-61(55,56)58-48-46-53(3,4)5)49-57-47-44-42-40-38-36-34-32-23-21-19-17-15-13-11-9-7-2/h8,10,14,16,20,22,25-26,28-29,31,33,51H,6-7,9,11-13,15,17-19,21,23-24,27,30,32,34-50H2,1-5H3/b10-8-,16-14-,22-20-,26-25-,29-28-,33-31-. The molecule has 0 aromatic carbocycles. The van der Waals surface area contributed by atoms with E-state index in [0.29, 0.717) is 17.6 Å². The van der Waals surface area contributed by atoms with E-state index in [2.05, 4.69) is 86.8 Å². The summed E-state index contributed by atoms with van der Waals surface area (Å²) in [6.07, 6.45) is 57.7. The molecule has 0 amide bonds. The molecule has 0 aliphatic carbocycles. The highest BCUT2D eigenvalue weighted by Gasteiger charge is 2.20. The van der Waals surface area contributed by atoms with Crippen molar-refractivity contribution in [1.29, 1.82) is 0 Å². The zero-order chi connectivity index (χ0) is 44.8. The SMILES string of the molecule is CC/C=C\C/C=C\C/C=C\C/C=C\C/C=C\C/C=C\CCCCCCC(=O)OC(COCCCCCCCCCCCCCCCCCC)COP(=O)([O-])OCC[N+](C)(C)C. The topological polar surface area (TPSA) is 94.1 Å². The van der Waals surface area contributed by atoms with Crippen molar-refractivity contribution < 1.29 is 37.3 Å². The molecule has 0 spiro atoms. The van der Waals surface area contributed by atoms with Crippen molar-refractivity contribution in [2.75, 3.05) is 54.1 Å². The predicted molar refractivity (Wildman–Crippen MR) is 259 cm³/mol. The lowest BCUT2D eigenvalue weighted by Gasteiger charge is -2.28. The van der Waals surface area contributed by atoms with E-state index >= 15 is 0 Å². The van der Waals surface area contributed by atoms with Gasteiger partial charge in [-0.15, -0.1) is 0 Å².